The molecule has 0 saturated carbocycles. The molecule has 0 aliphatic rings. The average Bonchev–Trinajstić information content (AvgIpc) is 2.00. The highest BCUT2D eigenvalue weighted by Crippen LogP contribution is 2.09. The monoisotopic (exact) mass is 209 g/mol. The molecule has 0 saturated heterocycles. The van der Waals surface area contributed by atoms with E-state index in [0.29, 0.717) is 12.3 Å². The topological polar surface area (TPSA) is 69.6 Å². The molecule has 0 aliphatic carbocycles. The van der Waals surface area contributed by atoms with Crippen molar-refractivity contribution in [1.29, 1.82) is 0 Å². The summed E-state index contributed by atoms with van der Waals surface area (Å²) >= 11 is 5.43. The van der Waals surface area contributed by atoms with Crippen molar-refractivity contribution in [2.24, 2.45) is 5.92 Å². The number of alkyl halides is 1. The molecule has 0 unspecified atom stereocenters. The van der Waals surface area contributed by atoms with E-state index in [1.807, 2.05) is 13.8 Å². The number of nitrogens with one attached hydrogen (secondary N) is 1. The number of carboxylic acid groups (broad SMARTS) is 1. The quantitative estimate of drug-likeness (QED) is 0.598. The van der Waals surface area contributed by atoms with E-state index < -0.39 is 18.2 Å². The Morgan fingerprint density at radius 3 is 2.38 bits per heavy atom. The van der Waals surface area contributed by atoms with Crippen LogP contribution >= 0.6 is 11.6 Å². The van der Waals surface area contributed by atoms with Crippen molar-refractivity contribution in [2.45, 2.75) is 32.4 Å². The summed E-state index contributed by atoms with van der Waals surface area (Å²) in [6.45, 7) is 3.91. The summed E-state index contributed by atoms with van der Waals surface area (Å²) in [5.74, 6) is 0.354. The van der Waals surface area contributed by atoms with Gasteiger partial charge in [0, 0.05) is 0 Å². The Balaban J connectivity index is 4.10. The molecular formula is C8H16ClNO3. The summed E-state index contributed by atoms with van der Waals surface area (Å²) < 4.78 is 0. The second-order valence-electron chi connectivity index (χ2n) is 3.41. The lowest BCUT2D eigenvalue weighted by atomic mass is 10.0. The highest BCUT2D eigenvalue weighted by Gasteiger charge is 2.20. The van der Waals surface area contributed by atoms with Crippen LogP contribution in [0.15, 0.2) is 0 Å². The Labute approximate surface area is 82.9 Å². The van der Waals surface area contributed by atoms with E-state index in [1.165, 1.54) is 0 Å². The summed E-state index contributed by atoms with van der Waals surface area (Å²) in [6.07, 6.45) is -1.37. The molecule has 5 heteroatoms. The van der Waals surface area contributed by atoms with Crippen LogP contribution in [-0.2, 0) is 0 Å². The van der Waals surface area contributed by atoms with E-state index in [0.717, 1.165) is 0 Å². The number of amides is 1. The average molecular weight is 210 g/mol. The van der Waals surface area contributed by atoms with Gasteiger partial charge in [0.05, 0.1) is 18.0 Å². The van der Waals surface area contributed by atoms with Crippen molar-refractivity contribution in [1.82, 2.24) is 5.32 Å². The number of hydrogen-bond acceptors (Lipinski definition) is 2. The zero-order chi connectivity index (χ0) is 10.4. The zero-order valence-electron chi connectivity index (χ0n) is 7.83. The molecule has 0 aromatic carbocycles. The van der Waals surface area contributed by atoms with Crippen LogP contribution in [0.5, 0.6) is 0 Å². The minimum Gasteiger partial charge on any atom is -0.465 e. The number of hydrogen-bond donors (Lipinski definition) is 3. The van der Waals surface area contributed by atoms with Crippen molar-refractivity contribution in [3.63, 3.8) is 0 Å². The largest absolute Gasteiger partial charge is 0.465 e. The molecule has 0 aliphatic heterocycles. The van der Waals surface area contributed by atoms with Gasteiger partial charge in [-0.1, -0.05) is 13.8 Å². The van der Waals surface area contributed by atoms with Gasteiger partial charge in [-0.3, -0.25) is 0 Å². The molecule has 0 radical (unpaired) electrons. The van der Waals surface area contributed by atoms with Crippen LogP contribution < -0.4 is 5.32 Å². The molecular weight excluding hydrogens is 194 g/mol. The Bertz CT molecular complexity index is 163. The van der Waals surface area contributed by atoms with E-state index in [-0.39, 0.29) is 5.88 Å². The van der Waals surface area contributed by atoms with Crippen LogP contribution in [-0.4, -0.2) is 34.3 Å². The van der Waals surface area contributed by atoms with Crippen molar-refractivity contribution in [3.05, 3.63) is 0 Å². The third kappa shape index (κ3) is 5.71. The van der Waals surface area contributed by atoms with Crippen molar-refractivity contribution < 1.29 is 15.0 Å². The lowest BCUT2D eigenvalue weighted by Gasteiger charge is -2.22. The lowest BCUT2D eigenvalue weighted by Crippen LogP contribution is -2.44. The van der Waals surface area contributed by atoms with Crippen LogP contribution in [0.2, 0.25) is 0 Å². The van der Waals surface area contributed by atoms with Gasteiger partial charge < -0.3 is 15.5 Å². The van der Waals surface area contributed by atoms with Gasteiger partial charge in [0.1, 0.15) is 0 Å². The number of aliphatic hydroxyl groups excluding tert-OH is 1. The molecule has 0 spiro atoms. The number of carbonyl (C=O) groups is 1. The SMILES string of the molecule is CC(C)C[C@H](NC(=O)O)[C@H](O)CCl. The van der Waals surface area contributed by atoms with E-state index in [1.54, 1.807) is 0 Å². The van der Waals surface area contributed by atoms with Crippen molar-refractivity contribution >= 4 is 17.7 Å². The maximum atomic E-state index is 10.3. The van der Waals surface area contributed by atoms with Gasteiger partial charge in [0.25, 0.3) is 0 Å². The van der Waals surface area contributed by atoms with Crippen LogP contribution in [0, 0.1) is 5.92 Å². The first-order valence-corrected chi connectivity index (χ1v) is 4.74. The number of rotatable bonds is 5. The summed E-state index contributed by atoms with van der Waals surface area (Å²) in [5.41, 5.74) is 0. The molecule has 2 atom stereocenters. The van der Waals surface area contributed by atoms with E-state index >= 15 is 0 Å². The fourth-order valence-electron chi connectivity index (χ4n) is 1.09. The first-order chi connectivity index (χ1) is 5.97. The number of aliphatic hydroxyl groups is 1. The molecule has 13 heavy (non-hydrogen) atoms. The molecule has 0 aromatic heterocycles. The fourth-order valence-corrected chi connectivity index (χ4v) is 1.30. The van der Waals surface area contributed by atoms with Gasteiger partial charge in [-0.15, -0.1) is 11.6 Å². The van der Waals surface area contributed by atoms with Crippen LogP contribution in [0.4, 0.5) is 4.79 Å². The highest BCUT2D eigenvalue weighted by molar-refractivity contribution is 6.18. The molecule has 0 rings (SSSR count). The predicted molar refractivity (Wildman–Crippen MR) is 51.1 cm³/mol. The van der Waals surface area contributed by atoms with Crippen LogP contribution in [0.1, 0.15) is 20.3 Å². The molecule has 0 bridgehead atoms. The first kappa shape index (κ1) is 12.5. The second-order valence-corrected chi connectivity index (χ2v) is 3.72. The first-order valence-electron chi connectivity index (χ1n) is 4.20. The maximum Gasteiger partial charge on any atom is 0.404 e. The predicted octanol–water partition coefficient (Wildman–Crippen LogP) is 1.27. The molecule has 0 aromatic rings. The van der Waals surface area contributed by atoms with Gasteiger partial charge in [0.2, 0.25) is 0 Å². The van der Waals surface area contributed by atoms with Crippen molar-refractivity contribution in [2.75, 3.05) is 5.88 Å². The maximum absolute atomic E-state index is 10.3. The normalized spacial score (nSPS) is 15.5. The summed E-state index contributed by atoms with van der Waals surface area (Å²) in [5, 5.41) is 20.1. The van der Waals surface area contributed by atoms with Crippen LogP contribution in [0.25, 0.3) is 0 Å². The smallest absolute Gasteiger partial charge is 0.404 e. The van der Waals surface area contributed by atoms with E-state index in [9.17, 15) is 9.90 Å². The minimum atomic E-state index is -1.13. The number of halogens is 1. The van der Waals surface area contributed by atoms with Crippen molar-refractivity contribution in [3.8, 4) is 0 Å². The summed E-state index contributed by atoms with van der Waals surface area (Å²) in [7, 11) is 0. The lowest BCUT2D eigenvalue weighted by molar-refractivity contribution is 0.126. The van der Waals surface area contributed by atoms with Gasteiger partial charge in [-0.05, 0) is 12.3 Å². The molecule has 0 heterocycles. The third-order valence-electron chi connectivity index (χ3n) is 1.66. The Morgan fingerprint density at radius 1 is 1.54 bits per heavy atom. The summed E-state index contributed by atoms with van der Waals surface area (Å²) in [4.78, 5) is 10.3. The molecule has 3 N–H and O–H groups in total. The van der Waals surface area contributed by atoms with E-state index in [4.69, 9.17) is 16.7 Å². The van der Waals surface area contributed by atoms with Gasteiger partial charge in [-0.2, -0.15) is 0 Å². The molecule has 0 fully saturated rings. The molecule has 1 amide bonds. The van der Waals surface area contributed by atoms with E-state index in [2.05, 4.69) is 5.32 Å². The van der Waals surface area contributed by atoms with Gasteiger partial charge >= 0.3 is 6.09 Å². The molecule has 78 valence electrons. The second kappa shape index (κ2) is 6.05. The third-order valence-corrected chi connectivity index (χ3v) is 1.97. The Kier molecular flexibility index (Phi) is 5.82. The van der Waals surface area contributed by atoms with Gasteiger partial charge in [0.15, 0.2) is 0 Å². The van der Waals surface area contributed by atoms with Crippen LogP contribution in [0.3, 0.4) is 0 Å². The zero-order valence-corrected chi connectivity index (χ0v) is 8.58. The minimum absolute atomic E-state index is 0.0394. The highest BCUT2D eigenvalue weighted by atomic mass is 35.5. The van der Waals surface area contributed by atoms with Gasteiger partial charge in [-0.25, -0.2) is 4.79 Å². The Hall–Kier alpha value is -0.480. The Morgan fingerprint density at radius 2 is 2.08 bits per heavy atom. The summed E-state index contributed by atoms with van der Waals surface area (Å²) in [6, 6.07) is -0.477. The molecule has 4 nitrogen and oxygen atoms in total. The standard InChI is InChI=1S/C8H16ClNO3/c1-5(2)3-6(7(11)4-9)10-8(12)13/h5-7,10-11H,3-4H2,1-2H3,(H,12,13)/t6-,7+/m0/s1. The fraction of sp³-hybridized carbons (Fsp3) is 0.875.